The van der Waals surface area contributed by atoms with Crippen LogP contribution >= 0.6 is 11.6 Å². The summed E-state index contributed by atoms with van der Waals surface area (Å²) in [6.45, 7) is 9.75. The molecule has 8 nitrogen and oxygen atoms in total. The van der Waals surface area contributed by atoms with Gasteiger partial charge in [0.1, 0.15) is 18.3 Å². The number of hydrogen-bond donors (Lipinski definition) is 1. The first-order valence-electron chi connectivity index (χ1n) is 13.6. The average Bonchev–Trinajstić information content (AvgIpc) is 2.93. The third kappa shape index (κ3) is 8.71. The molecule has 0 heterocycles. The Balaban J connectivity index is 2.02. The first-order valence-corrected chi connectivity index (χ1v) is 15.4. The van der Waals surface area contributed by atoms with E-state index in [9.17, 15) is 18.0 Å². The largest absolute Gasteiger partial charge is 0.494 e. The molecule has 0 aliphatic heterocycles. The number of aryl methyl sites for hydroxylation is 1. The fourth-order valence-corrected chi connectivity index (χ4v) is 5.74. The van der Waals surface area contributed by atoms with Crippen molar-refractivity contribution in [2.24, 2.45) is 5.92 Å². The first-order chi connectivity index (χ1) is 19.4. The van der Waals surface area contributed by atoms with Gasteiger partial charge in [-0.05, 0) is 80.8 Å². The maximum atomic E-state index is 14.0. The molecule has 0 bridgehead atoms. The van der Waals surface area contributed by atoms with Crippen molar-refractivity contribution in [2.75, 3.05) is 24.0 Å². The highest BCUT2D eigenvalue weighted by Crippen LogP contribution is 2.27. The molecule has 0 saturated heterocycles. The molecule has 3 aromatic rings. The quantitative estimate of drug-likeness (QED) is 0.283. The number of hydrogen-bond acceptors (Lipinski definition) is 5. The predicted molar refractivity (Wildman–Crippen MR) is 163 cm³/mol. The number of carbonyl (C=O) groups excluding carboxylic acids is 2. The summed E-state index contributed by atoms with van der Waals surface area (Å²) in [5.74, 6) is -0.0730. The molecule has 0 spiro atoms. The number of anilines is 1. The maximum absolute atomic E-state index is 14.0. The van der Waals surface area contributed by atoms with Crippen LogP contribution in [0.4, 0.5) is 5.69 Å². The van der Waals surface area contributed by atoms with Crippen LogP contribution in [-0.4, -0.2) is 50.9 Å². The monoisotopic (exact) mass is 599 g/mol. The van der Waals surface area contributed by atoms with Crippen LogP contribution in [0.2, 0.25) is 5.02 Å². The Labute approximate surface area is 248 Å². The fraction of sp³-hybridized carbons (Fsp3) is 0.355. The Morgan fingerprint density at radius 2 is 1.63 bits per heavy atom. The van der Waals surface area contributed by atoms with Crippen molar-refractivity contribution in [3.05, 3.63) is 88.9 Å². The normalized spacial score (nSPS) is 12.1. The van der Waals surface area contributed by atoms with Gasteiger partial charge in [-0.25, -0.2) is 8.42 Å². The molecule has 1 N–H and O–H groups in total. The molecule has 1 atom stereocenters. The minimum Gasteiger partial charge on any atom is -0.494 e. The van der Waals surface area contributed by atoms with E-state index in [1.54, 1.807) is 67.6 Å². The standard InChI is InChI=1S/C31H38ClN3O5S/c1-6-40-28-14-12-27(13-15-28)35(41(38,39)29-16-10-23(4)11-17-29)21-30(36)34(20-25-8-7-9-26(32)18-25)24(5)31(37)33-19-22(2)3/h7-18,22,24H,6,19-21H2,1-5H3,(H,33,37)/t24-/m0/s1. The van der Waals surface area contributed by atoms with E-state index < -0.39 is 28.5 Å². The number of nitrogens with zero attached hydrogens (tertiary/aromatic N) is 2. The van der Waals surface area contributed by atoms with Crippen molar-refractivity contribution in [2.45, 2.75) is 52.1 Å². The molecule has 220 valence electrons. The van der Waals surface area contributed by atoms with Crippen LogP contribution in [0.3, 0.4) is 0 Å². The molecule has 0 unspecified atom stereocenters. The van der Waals surface area contributed by atoms with Gasteiger partial charge < -0.3 is 15.0 Å². The number of halogens is 1. The summed E-state index contributed by atoms with van der Waals surface area (Å²) >= 11 is 6.19. The maximum Gasteiger partial charge on any atom is 0.264 e. The van der Waals surface area contributed by atoms with Crippen LogP contribution in [0.15, 0.2) is 77.7 Å². The van der Waals surface area contributed by atoms with Gasteiger partial charge in [-0.1, -0.05) is 55.3 Å². The Morgan fingerprint density at radius 3 is 2.22 bits per heavy atom. The van der Waals surface area contributed by atoms with Crippen molar-refractivity contribution in [3.8, 4) is 5.75 Å². The minimum atomic E-state index is -4.15. The summed E-state index contributed by atoms with van der Waals surface area (Å²) in [5.41, 5.74) is 1.91. The summed E-state index contributed by atoms with van der Waals surface area (Å²) in [5, 5.41) is 3.36. The predicted octanol–water partition coefficient (Wildman–Crippen LogP) is 5.43. The SMILES string of the molecule is CCOc1ccc(N(CC(=O)N(Cc2cccc(Cl)c2)[C@@H](C)C(=O)NCC(C)C)S(=O)(=O)c2ccc(C)cc2)cc1. The summed E-state index contributed by atoms with van der Waals surface area (Å²) < 4.78 is 34.4. The van der Waals surface area contributed by atoms with Crippen LogP contribution < -0.4 is 14.4 Å². The molecular weight excluding hydrogens is 562 g/mol. The van der Waals surface area contributed by atoms with Crippen LogP contribution in [0.25, 0.3) is 0 Å². The third-order valence-corrected chi connectivity index (χ3v) is 8.44. The molecule has 3 rings (SSSR count). The van der Waals surface area contributed by atoms with Gasteiger partial charge in [0.15, 0.2) is 0 Å². The highest BCUT2D eigenvalue weighted by molar-refractivity contribution is 7.92. The number of sulfonamides is 1. The molecule has 41 heavy (non-hydrogen) atoms. The summed E-state index contributed by atoms with van der Waals surface area (Å²) in [6.07, 6.45) is 0. The minimum absolute atomic E-state index is 0.0499. The number of amides is 2. The molecular formula is C31H38ClN3O5S. The topological polar surface area (TPSA) is 96.0 Å². The number of rotatable bonds is 13. The lowest BCUT2D eigenvalue weighted by Gasteiger charge is -2.32. The zero-order chi connectivity index (χ0) is 30.2. The van der Waals surface area contributed by atoms with Gasteiger partial charge in [-0.15, -0.1) is 0 Å². The molecule has 0 aliphatic rings. The van der Waals surface area contributed by atoms with Gasteiger partial charge in [0.05, 0.1) is 17.2 Å². The lowest BCUT2D eigenvalue weighted by atomic mass is 10.1. The van der Waals surface area contributed by atoms with E-state index in [0.29, 0.717) is 35.2 Å². The fourth-order valence-electron chi connectivity index (χ4n) is 4.11. The van der Waals surface area contributed by atoms with E-state index in [4.69, 9.17) is 16.3 Å². The number of nitrogens with one attached hydrogen (secondary N) is 1. The highest BCUT2D eigenvalue weighted by atomic mass is 35.5. The van der Waals surface area contributed by atoms with Crippen LogP contribution in [0, 0.1) is 12.8 Å². The van der Waals surface area contributed by atoms with Crippen molar-refractivity contribution in [1.82, 2.24) is 10.2 Å². The van der Waals surface area contributed by atoms with Crippen LogP contribution in [0.1, 0.15) is 38.8 Å². The van der Waals surface area contributed by atoms with Crippen molar-refractivity contribution >= 4 is 39.1 Å². The Kier molecular flexibility index (Phi) is 11.2. The van der Waals surface area contributed by atoms with Gasteiger partial charge in [0, 0.05) is 18.1 Å². The van der Waals surface area contributed by atoms with Gasteiger partial charge >= 0.3 is 0 Å². The molecule has 0 fully saturated rings. The number of benzene rings is 3. The Bertz CT molecular complexity index is 1430. The molecule has 0 aromatic heterocycles. The molecule has 0 radical (unpaired) electrons. The molecule has 0 aliphatic carbocycles. The second-order valence-electron chi connectivity index (χ2n) is 10.2. The molecule has 2 amide bonds. The lowest BCUT2D eigenvalue weighted by Crippen LogP contribution is -2.51. The van der Waals surface area contributed by atoms with Gasteiger partial charge in [0.25, 0.3) is 10.0 Å². The van der Waals surface area contributed by atoms with E-state index in [2.05, 4.69) is 5.32 Å². The Hall–Kier alpha value is -3.56. The smallest absolute Gasteiger partial charge is 0.264 e. The van der Waals surface area contributed by atoms with Crippen molar-refractivity contribution < 1.29 is 22.7 Å². The highest BCUT2D eigenvalue weighted by Gasteiger charge is 2.32. The number of carbonyl (C=O) groups is 2. The van der Waals surface area contributed by atoms with Gasteiger partial charge in [0.2, 0.25) is 11.8 Å². The molecule has 10 heteroatoms. The van der Waals surface area contributed by atoms with Crippen LogP contribution in [0.5, 0.6) is 5.75 Å². The van der Waals surface area contributed by atoms with E-state index in [1.165, 1.54) is 17.0 Å². The zero-order valence-corrected chi connectivity index (χ0v) is 25.7. The van der Waals surface area contributed by atoms with Crippen molar-refractivity contribution in [1.29, 1.82) is 0 Å². The second kappa shape index (κ2) is 14.4. The third-order valence-electron chi connectivity index (χ3n) is 6.42. The lowest BCUT2D eigenvalue weighted by molar-refractivity contribution is -0.139. The Morgan fingerprint density at radius 1 is 0.976 bits per heavy atom. The van der Waals surface area contributed by atoms with Crippen molar-refractivity contribution in [3.63, 3.8) is 0 Å². The van der Waals surface area contributed by atoms with E-state index in [0.717, 1.165) is 9.87 Å². The summed E-state index contributed by atoms with van der Waals surface area (Å²) in [7, 11) is -4.15. The number of ether oxygens (including phenoxy) is 1. The van der Waals surface area contributed by atoms with Gasteiger partial charge in [-0.3, -0.25) is 13.9 Å². The summed E-state index contributed by atoms with van der Waals surface area (Å²) in [4.78, 5) is 28.5. The van der Waals surface area contributed by atoms with E-state index in [1.807, 2.05) is 27.7 Å². The van der Waals surface area contributed by atoms with Gasteiger partial charge in [-0.2, -0.15) is 0 Å². The second-order valence-corrected chi connectivity index (χ2v) is 12.5. The van der Waals surface area contributed by atoms with Crippen LogP contribution in [-0.2, 0) is 26.2 Å². The first kappa shape index (κ1) is 32.0. The van der Waals surface area contributed by atoms with E-state index >= 15 is 0 Å². The molecule has 3 aromatic carbocycles. The van der Waals surface area contributed by atoms with E-state index in [-0.39, 0.29) is 23.3 Å². The summed E-state index contributed by atoms with van der Waals surface area (Å²) in [6, 6.07) is 19.1. The molecule has 0 saturated carbocycles. The zero-order valence-electron chi connectivity index (χ0n) is 24.1. The average molecular weight is 600 g/mol.